The quantitative estimate of drug-likeness (QED) is 0.911. The molecule has 5 heteroatoms. The van der Waals surface area contributed by atoms with Crippen LogP contribution in [-0.2, 0) is 0 Å². The summed E-state index contributed by atoms with van der Waals surface area (Å²) in [5.41, 5.74) is 1.09. The number of amides is 1. The highest BCUT2D eigenvalue weighted by Gasteiger charge is 2.08. The van der Waals surface area contributed by atoms with Crippen molar-refractivity contribution in [2.75, 3.05) is 5.32 Å². The average molecular weight is 320 g/mol. The molecule has 2 aromatic rings. The molecule has 0 saturated heterocycles. The largest absolute Gasteiger partial charge is 0.478 e. The summed E-state index contributed by atoms with van der Waals surface area (Å²) in [7, 11) is 0. The predicted molar refractivity (Wildman–Crippen MR) is 75.5 cm³/mol. The first-order valence-corrected chi connectivity index (χ1v) is 6.26. The Labute approximate surface area is 118 Å². The minimum atomic E-state index is -1.03. The van der Waals surface area contributed by atoms with Crippen LogP contribution >= 0.6 is 15.9 Å². The van der Waals surface area contributed by atoms with E-state index in [4.69, 9.17) is 5.11 Å². The van der Waals surface area contributed by atoms with E-state index in [1.807, 2.05) is 0 Å². The summed E-state index contributed by atoms with van der Waals surface area (Å²) >= 11 is 3.29. The van der Waals surface area contributed by atoms with Crippen molar-refractivity contribution in [1.29, 1.82) is 0 Å². The zero-order valence-electron chi connectivity index (χ0n) is 9.76. The third kappa shape index (κ3) is 3.42. The predicted octanol–water partition coefficient (Wildman–Crippen LogP) is 3.40. The van der Waals surface area contributed by atoms with Gasteiger partial charge in [-0.05, 0) is 42.5 Å². The normalized spacial score (nSPS) is 9.95. The van der Waals surface area contributed by atoms with Crippen LogP contribution in [0.3, 0.4) is 0 Å². The van der Waals surface area contributed by atoms with Crippen molar-refractivity contribution in [1.82, 2.24) is 0 Å². The van der Waals surface area contributed by atoms with Crippen LogP contribution in [-0.4, -0.2) is 17.0 Å². The van der Waals surface area contributed by atoms with Gasteiger partial charge in [0.1, 0.15) is 0 Å². The first kappa shape index (κ1) is 13.3. The number of aromatic carboxylic acids is 1. The molecular weight excluding hydrogens is 310 g/mol. The zero-order chi connectivity index (χ0) is 13.8. The van der Waals surface area contributed by atoms with Gasteiger partial charge < -0.3 is 10.4 Å². The molecule has 0 heterocycles. The summed E-state index contributed by atoms with van der Waals surface area (Å²) in [6.07, 6.45) is 0. The van der Waals surface area contributed by atoms with Gasteiger partial charge in [0.25, 0.3) is 5.91 Å². The van der Waals surface area contributed by atoms with Crippen molar-refractivity contribution in [2.45, 2.75) is 0 Å². The number of anilines is 1. The molecule has 0 fully saturated rings. The van der Waals surface area contributed by atoms with Gasteiger partial charge in [0.15, 0.2) is 0 Å². The Morgan fingerprint density at radius 2 is 1.68 bits per heavy atom. The number of carboxylic acids is 1. The van der Waals surface area contributed by atoms with E-state index >= 15 is 0 Å². The monoisotopic (exact) mass is 319 g/mol. The molecule has 0 aliphatic heterocycles. The Morgan fingerprint density at radius 3 is 2.32 bits per heavy atom. The van der Waals surface area contributed by atoms with Gasteiger partial charge in [0, 0.05) is 15.7 Å². The number of carbonyl (C=O) groups is 2. The van der Waals surface area contributed by atoms with E-state index in [0.717, 1.165) is 4.47 Å². The lowest BCUT2D eigenvalue weighted by Crippen LogP contribution is -2.12. The zero-order valence-corrected chi connectivity index (χ0v) is 11.3. The first-order chi connectivity index (χ1) is 9.06. The Morgan fingerprint density at radius 1 is 1.00 bits per heavy atom. The van der Waals surface area contributed by atoms with Crippen LogP contribution in [0.15, 0.2) is 53.0 Å². The van der Waals surface area contributed by atoms with Crippen molar-refractivity contribution < 1.29 is 14.7 Å². The van der Waals surface area contributed by atoms with E-state index in [1.54, 1.807) is 36.4 Å². The molecule has 2 aromatic carbocycles. The van der Waals surface area contributed by atoms with Crippen LogP contribution in [0.2, 0.25) is 0 Å². The van der Waals surface area contributed by atoms with Gasteiger partial charge in [-0.2, -0.15) is 0 Å². The van der Waals surface area contributed by atoms with Crippen molar-refractivity contribution in [3.05, 3.63) is 64.1 Å². The minimum absolute atomic E-state index is 0.133. The molecule has 2 rings (SSSR count). The second kappa shape index (κ2) is 5.67. The number of benzene rings is 2. The Balaban J connectivity index is 2.17. The fraction of sp³-hybridized carbons (Fsp3) is 0. The van der Waals surface area contributed by atoms with Gasteiger partial charge in [0.2, 0.25) is 0 Å². The maximum Gasteiger partial charge on any atom is 0.335 e. The topological polar surface area (TPSA) is 66.4 Å². The highest BCUT2D eigenvalue weighted by molar-refractivity contribution is 9.10. The molecule has 0 unspecified atom stereocenters. The molecule has 96 valence electrons. The van der Waals surface area contributed by atoms with Crippen LogP contribution in [0, 0.1) is 0 Å². The third-order valence-electron chi connectivity index (χ3n) is 2.47. The Hall–Kier alpha value is -2.14. The fourth-order valence-electron chi connectivity index (χ4n) is 1.53. The van der Waals surface area contributed by atoms with Crippen LogP contribution in [0.1, 0.15) is 20.7 Å². The van der Waals surface area contributed by atoms with Gasteiger partial charge in [0.05, 0.1) is 5.56 Å². The molecule has 2 N–H and O–H groups in total. The van der Waals surface area contributed by atoms with Crippen LogP contribution in [0.25, 0.3) is 0 Å². The number of rotatable bonds is 3. The molecule has 0 spiro atoms. The van der Waals surface area contributed by atoms with Gasteiger partial charge in [-0.3, -0.25) is 4.79 Å². The lowest BCUT2D eigenvalue weighted by molar-refractivity contribution is 0.0696. The molecule has 1 amide bonds. The summed E-state index contributed by atoms with van der Waals surface area (Å²) in [5.74, 6) is -1.31. The number of hydrogen-bond acceptors (Lipinski definition) is 2. The number of carboxylic acid groups (broad SMARTS) is 1. The molecule has 0 aliphatic carbocycles. The fourth-order valence-corrected chi connectivity index (χ4v) is 1.80. The van der Waals surface area contributed by atoms with E-state index in [0.29, 0.717) is 11.3 Å². The lowest BCUT2D eigenvalue weighted by atomic mass is 10.2. The molecule has 4 nitrogen and oxygen atoms in total. The number of hydrogen-bond donors (Lipinski definition) is 2. The second-order valence-corrected chi connectivity index (χ2v) is 4.76. The molecule has 0 aromatic heterocycles. The number of nitrogens with one attached hydrogen (secondary N) is 1. The van der Waals surface area contributed by atoms with Crippen LogP contribution in [0.5, 0.6) is 0 Å². The molecule has 0 radical (unpaired) electrons. The molecule has 0 bridgehead atoms. The SMILES string of the molecule is O=C(O)c1cccc(NC(=O)c2ccc(Br)cc2)c1. The highest BCUT2D eigenvalue weighted by atomic mass is 79.9. The van der Waals surface area contributed by atoms with Crippen molar-refractivity contribution in [3.8, 4) is 0 Å². The van der Waals surface area contributed by atoms with E-state index in [9.17, 15) is 9.59 Å². The molecular formula is C14H10BrNO3. The summed E-state index contributed by atoms with van der Waals surface area (Å²) < 4.78 is 0.886. The average Bonchev–Trinajstić information content (AvgIpc) is 2.39. The second-order valence-electron chi connectivity index (χ2n) is 3.85. The van der Waals surface area contributed by atoms with Gasteiger partial charge in [-0.15, -0.1) is 0 Å². The lowest BCUT2D eigenvalue weighted by Gasteiger charge is -2.06. The summed E-state index contributed by atoms with van der Waals surface area (Å²) in [6, 6.07) is 13.0. The molecule has 19 heavy (non-hydrogen) atoms. The number of carbonyl (C=O) groups excluding carboxylic acids is 1. The maximum absolute atomic E-state index is 11.9. The van der Waals surface area contributed by atoms with E-state index < -0.39 is 5.97 Å². The first-order valence-electron chi connectivity index (χ1n) is 5.46. The number of halogens is 1. The van der Waals surface area contributed by atoms with Gasteiger partial charge in [-0.1, -0.05) is 22.0 Å². The summed E-state index contributed by atoms with van der Waals surface area (Å²) in [6.45, 7) is 0. The summed E-state index contributed by atoms with van der Waals surface area (Å²) in [4.78, 5) is 22.8. The van der Waals surface area contributed by atoms with Gasteiger partial charge in [-0.25, -0.2) is 4.79 Å². The van der Waals surface area contributed by atoms with Crippen LogP contribution < -0.4 is 5.32 Å². The van der Waals surface area contributed by atoms with E-state index in [1.165, 1.54) is 12.1 Å². The Kier molecular flexibility index (Phi) is 3.97. The summed E-state index contributed by atoms with van der Waals surface area (Å²) in [5, 5.41) is 11.5. The van der Waals surface area contributed by atoms with E-state index in [-0.39, 0.29) is 11.5 Å². The smallest absolute Gasteiger partial charge is 0.335 e. The van der Waals surface area contributed by atoms with Crippen molar-refractivity contribution in [2.24, 2.45) is 0 Å². The molecule has 0 atom stereocenters. The van der Waals surface area contributed by atoms with Crippen molar-refractivity contribution >= 4 is 33.5 Å². The van der Waals surface area contributed by atoms with Crippen molar-refractivity contribution in [3.63, 3.8) is 0 Å². The third-order valence-corrected chi connectivity index (χ3v) is 3.00. The maximum atomic E-state index is 11.9. The van der Waals surface area contributed by atoms with Crippen LogP contribution in [0.4, 0.5) is 5.69 Å². The molecule has 0 saturated carbocycles. The van der Waals surface area contributed by atoms with E-state index in [2.05, 4.69) is 21.2 Å². The standard InChI is InChI=1S/C14H10BrNO3/c15-11-6-4-9(5-7-11)13(17)16-12-3-1-2-10(8-12)14(18)19/h1-8H,(H,16,17)(H,18,19). The highest BCUT2D eigenvalue weighted by Crippen LogP contribution is 2.14. The molecule has 0 aliphatic rings. The minimum Gasteiger partial charge on any atom is -0.478 e. The Bertz CT molecular complexity index is 623. The van der Waals surface area contributed by atoms with Gasteiger partial charge >= 0.3 is 5.97 Å².